The first-order chi connectivity index (χ1) is 9.51. The van der Waals surface area contributed by atoms with E-state index in [-0.39, 0.29) is 11.9 Å². The molecule has 0 radical (unpaired) electrons. The van der Waals surface area contributed by atoms with E-state index in [2.05, 4.69) is 15.6 Å². The van der Waals surface area contributed by atoms with Crippen LogP contribution in [-0.2, 0) is 9.53 Å². The van der Waals surface area contributed by atoms with E-state index in [0.717, 1.165) is 17.7 Å². The molecular weight excluding hydrogens is 278 g/mol. The maximum Gasteiger partial charge on any atom is 0.358 e. The number of hydrogen-bond acceptors (Lipinski definition) is 6. The quantitative estimate of drug-likeness (QED) is 0.781. The number of carbonyl (C=O) groups is 2. The number of nitrogens with one attached hydrogen (secondary N) is 2. The zero-order valence-corrected chi connectivity index (χ0v) is 12.7. The Kier molecular flexibility index (Phi) is 4.59. The molecular formula is C13H19N3O3S. The second kappa shape index (κ2) is 6.21. The second-order valence-corrected chi connectivity index (χ2v) is 6.00. The molecule has 1 aliphatic rings. The zero-order chi connectivity index (χ0) is 14.7. The number of ether oxygens (including phenoxy) is 1. The average Bonchev–Trinajstić information content (AvgIpc) is 3.12. The first-order valence-electron chi connectivity index (χ1n) is 6.72. The van der Waals surface area contributed by atoms with E-state index in [1.165, 1.54) is 11.3 Å². The van der Waals surface area contributed by atoms with Gasteiger partial charge >= 0.3 is 5.97 Å². The third-order valence-electron chi connectivity index (χ3n) is 2.92. The number of hydrogen-bond donors (Lipinski definition) is 2. The molecule has 0 aromatic carbocycles. The Morgan fingerprint density at radius 2 is 2.20 bits per heavy atom. The summed E-state index contributed by atoms with van der Waals surface area (Å²) in [5, 5.41) is 6.50. The summed E-state index contributed by atoms with van der Waals surface area (Å²) in [7, 11) is 0. The zero-order valence-electron chi connectivity index (χ0n) is 11.9. The van der Waals surface area contributed by atoms with Crippen LogP contribution in [-0.4, -0.2) is 35.6 Å². The van der Waals surface area contributed by atoms with Gasteiger partial charge in [0.05, 0.1) is 6.61 Å². The van der Waals surface area contributed by atoms with Crippen LogP contribution in [0.4, 0.5) is 5.13 Å². The minimum atomic E-state index is -0.426. The third-order valence-corrected chi connectivity index (χ3v) is 3.82. The Morgan fingerprint density at radius 3 is 2.80 bits per heavy atom. The number of amides is 1. The van der Waals surface area contributed by atoms with Crippen molar-refractivity contribution in [3.8, 4) is 0 Å². The molecule has 1 saturated carbocycles. The molecule has 0 bridgehead atoms. The molecule has 1 unspecified atom stereocenters. The van der Waals surface area contributed by atoms with Gasteiger partial charge in [-0.25, -0.2) is 9.78 Å². The molecule has 1 amide bonds. The second-order valence-electron chi connectivity index (χ2n) is 4.79. The van der Waals surface area contributed by atoms with Gasteiger partial charge in [-0.15, -0.1) is 11.3 Å². The van der Waals surface area contributed by atoms with Crippen molar-refractivity contribution < 1.29 is 14.3 Å². The molecule has 1 heterocycles. The lowest BCUT2D eigenvalue weighted by Gasteiger charge is -2.12. The molecule has 0 aliphatic heterocycles. The van der Waals surface area contributed by atoms with Crippen molar-refractivity contribution in [3.63, 3.8) is 0 Å². The molecule has 0 saturated heterocycles. The number of aromatic nitrogens is 1. The molecule has 20 heavy (non-hydrogen) atoms. The van der Waals surface area contributed by atoms with Gasteiger partial charge in [0, 0.05) is 10.9 Å². The van der Waals surface area contributed by atoms with Gasteiger partial charge in [0.1, 0.15) is 6.04 Å². The Hall–Kier alpha value is -1.63. The third kappa shape index (κ3) is 3.69. The van der Waals surface area contributed by atoms with Gasteiger partial charge in [-0.1, -0.05) is 0 Å². The van der Waals surface area contributed by atoms with E-state index >= 15 is 0 Å². The molecule has 1 aliphatic carbocycles. The first-order valence-corrected chi connectivity index (χ1v) is 7.54. The first kappa shape index (κ1) is 14.8. The number of anilines is 1. The van der Waals surface area contributed by atoms with Crippen LogP contribution in [0.5, 0.6) is 0 Å². The van der Waals surface area contributed by atoms with E-state index in [9.17, 15) is 9.59 Å². The number of carbonyl (C=O) groups excluding carboxylic acids is 2. The summed E-state index contributed by atoms with van der Waals surface area (Å²) in [6, 6.07) is -0.0453. The molecule has 110 valence electrons. The van der Waals surface area contributed by atoms with Crippen LogP contribution in [0, 0.1) is 6.92 Å². The van der Waals surface area contributed by atoms with Crippen molar-refractivity contribution in [2.75, 3.05) is 11.9 Å². The summed E-state index contributed by atoms with van der Waals surface area (Å²) in [5.41, 5.74) is 0.314. The molecule has 2 rings (SSSR count). The van der Waals surface area contributed by atoms with Crippen LogP contribution in [0.1, 0.15) is 42.1 Å². The van der Waals surface area contributed by atoms with Crippen LogP contribution in [0.2, 0.25) is 0 Å². The predicted octanol–water partition coefficient (Wildman–Crippen LogP) is 1.71. The standard InChI is InChI=1S/C13H19N3O3S/c1-4-19-12(18)10-8(3)20-13(16-10)14-7(2)11(17)15-9-5-6-9/h7,9H,4-6H2,1-3H3,(H,14,16)(H,15,17). The Balaban J connectivity index is 1.96. The van der Waals surface area contributed by atoms with Gasteiger partial charge in [0.15, 0.2) is 10.8 Å². The largest absolute Gasteiger partial charge is 0.461 e. The van der Waals surface area contributed by atoms with Gasteiger partial charge in [-0.3, -0.25) is 4.79 Å². The van der Waals surface area contributed by atoms with Crippen LogP contribution in [0.25, 0.3) is 0 Å². The molecule has 0 spiro atoms. The maximum absolute atomic E-state index is 11.8. The van der Waals surface area contributed by atoms with Gasteiger partial charge in [-0.2, -0.15) is 0 Å². The average molecular weight is 297 g/mol. The number of aryl methyl sites for hydroxylation is 1. The van der Waals surface area contributed by atoms with Gasteiger partial charge < -0.3 is 15.4 Å². The Labute approximate surface area is 121 Å². The topological polar surface area (TPSA) is 80.3 Å². The molecule has 1 aromatic heterocycles. The number of esters is 1. The highest BCUT2D eigenvalue weighted by molar-refractivity contribution is 7.15. The fourth-order valence-electron chi connectivity index (χ4n) is 1.65. The molecule has 6 nitrogen and oxygen atoms in total. The summed E-state index contributed by atoms with van der Waals surface area (Å²) in [6.45, 7) is 5.66. The summed E-state index contributed by atoms with van der Waals surface area (Å²) >= 11 is 1.35. The van der Waals surface area contributed by atoms with Crippen molar-refractivity contribution in [3.05, 3.63) is 10.6 Å². The smallest absolute Gasteiger partial charge is 0.358 e. The highest BCUT2D eigenvalue weighted by Gasteiger charge is 2.26. The van der Waals surface area contributed by atoms with Crippen LogP contribution in [0.3, 0.4) is 0 Å². The van der Waals surface area contributed by atoms with Gasteiger partial charge in [0.25, 0.3) is 0 Å². The van der Waals surface area contributed by atoms with Crippen molar-refractivity contribution in [1.82, 2.24) is 10.3 Å². The van der Waals surface area contributed by atoms with E-state index in [1.807, 2.05) is 6.92 Å². The van der Waals surface area contributed by atoms with Gasteiger partial charge in [0.2, 0.25) is 5.91 Å². The fourth-order valence-corrected chi connectivity index (χ4v) is 2.54. The summed E-state index contributed by atoms with van der Waals surface area (Å²) in [6.07, 6.45) is 2.11. The SMILES string of the molecule is CCOC(=O)c1nc(NC(C)C(=O)NC2CC2)sc1C. The van der Waals surface area contributed by atoms with Crippen molar-refractivity contribution in [2.45, 2.75) is 45.7 Å². The van der Waals surface area contributed by atoms with Crippen LogP contribution < -0.4 is 10.6 Å². The lowest BCUT2D eigenvalue weighted by atomic mass is 10.3. The van der Waals surface area contributed by atoms with Crippen LogP contribution >= 0.6 is 11.3 Å². The Bertz CT molecular complexity index is 511. The molecule has 1 atom stereocenters. The summed E-state index contributed by atoms with van der Waals surface area (Å²) in [5.74, 6) is -0.470. The minimum Gasteiger partial charge on any atom is -0.461 e. The van der Waals surface area contributed by atoms with Gasteiger partial charge in [-0.05, 0) is 33.6 Å². The highest BCUT2D eigenvalue weighted by Crippen LogP contribution is 2.24. The Morgan fingerprint density at radius 1 is 1.50 bits per heavy atom. The normalized spacial score (nSPS) is 15.6. The van der Waals surface area contributed by atoms with E-state index in [4.69, 9.17) is 4.74 Å². The summed E-state index contributed by atoms with van der Waals surface area (Å²) < 4.78 is 4.93. The number of thiazole rings is 1. The lowest BCUT2D eigenvalue weighted by molar-refractivity contribution is -0.121. The molecule has 7 heteroatoms. The fraction of sp³-hybridized carbons (Fsp3) is 0.615. The number of nitrogens with zero attached hydrogens (tertiary/aromatic N) is 1. The van der Waals surface area contributed by atoms with E-state index in [1.54, 1.807) is 13.8 Å². The highest BCUT2D eigenvalue weighted by atomic mass is 32.1. The molecule has 1 aromatic rings. The van der Waals surface area contributed by atoms with E-state index in [0.29, 0.717) is 23.5 Å². The molecule has 1 fully saturated rings. The molecule has 2 N–H and O–H groups in total. The predicted molar refractivity (Wildman–Crippen MR) is 77.1 cm³/mol. The van der Waals surface area contributed by atoms with Crippen molar-refractivity contribution >= 4 is 28.3 Å². The van der Waals surface area contributed by atoms with Crippen molar-refractivity contribution in [2.24, 2.45) is 0 Å². The van der Waals surface area contributed by atoms with E-state index < -0.39 is 5.97 Å². The number of rotatable bonds is 6. The summed E-state index contributed by atoms with van der Waals surface area (Å²) in [4.78, 5) is 28.5. The monoisotopic (exact) mass is 297 g/mol. The maximum atomic E-state index is 11.8. The van der Waals surface area contributed by atoms with Crippen LogP contribution in [0.15, 0.2) is 0 Å². The van der Waals surface area contributed by atoms with Crippen molar-refractivity contribution in [1.29, 1.82) is 0 Å². The minimum absolute atomic E-state index is 0.0435. The lowest BCUT2D eigenvalue weighted by Crippen LogP contribution is -2.38.